The highest BCUT2D eigenvalue weighted by atomic mass is 16.3. The van der Waals surface area contributed by atoms with Crippen LogP contribution >= 0.6 is 0 Å². The van der Waals surface area contributed by atoms with Crippen molar-refractivity contribution in [3.8, 4) is 0 Å². The molecule has 1 aliphatic heterocycles. The molecule has 120 valence electrons. The first-order valence-corrected chi connectivity index (χ1v) is 8.45. The molecule has 2 aliphatic rings. The summed E-state index contributed by atoms with van der Waals surface area (Å²) in [6.07, 6.45) is 5.43. The number of nitrogens with one attached hydrogen (secondary N) is 1. The molecule has 4 heteroatoms. The number of nitrogens with zero attached hydrogens (tertiary/aromatic N) is 1. The number of rotatable bonds is 4. The van der Waals surface area contributed by atoms with Gasteiger partial charge in [0.15, 0.2) is 0 Å². The predicted molar refractivity (Wildman–Crippen MR) is 87.9 cm³/mol. The lowest BCUT2D eigenvalue weighted by Gasteiger charge is -2.32. The number of benzene rings is 1. The van der Waals surface area contributed by atoms with Gasteiger partial charge in [-0.15, -0.1) is 0 Å². The SMILES string of the molecule is C[C@@H]1Cc2ccccc2N1C(=O)CN[C@@H]1CCCC[C@@H]1CO. The van der Waals surface area contributed by atoms with Gasteiger partial charge in [0.25, 0.3) is 0 Å². The number of hydrogen-bond acceptors (Lipinski definition) is 3. The molecule has 22 heavy (non-hydrogen) atoms. The molecule has 0 saturated heterocycles. The molecule has 3 rings (SSSR count). The molecule has 1 heterocycles. The van der Waals surface area contributed by atoms with Crippen molar-refractivity contribution in [2.75, 3.05) is 18.1 Å². The van der Waals surface area contributed by atoms with Crippen molar-refractivity contribution in [3.05, 3.63) is 29.8 Å². The van der Waals surface area contributed by atoms with Crippen LogP contribution in [0.3, 0.4) is 0 Å². The average Bonchev–Trinajstić information content (AvgIpc) is 2.88. The van der Waals surface area contributed by atoms with E-state index in [1.165, 1.54) is 18.4 Å². The molecule has 0 spiro atoms. The Bertz CT molecular complexity index is 532. The van der Waals surface area contributed by atoms with E-state index >= 15 is 0 Å². The quantitative estimate of drug-likeness (QED) is 0.895. The lowest BCUT2D eigenvalue weighted by molar-refractivity contribution is -0.118. The van der Waals surface area contributed by atoms with Gasteiger partial charge < -0.3 is 15.3 Å². The van der Waals surface area contributed by atoms with Crippen molar-refractivity contribution in [3.63, 3.8) is 0 Å². The normalized spacial score (nSPS) is 27.7. The number of para-hydroxylation sites is 1. The molecule has 1 aromatic rings. The lowest BCUT2D eigenvalue weighted by Crippen LogP contribution is -2.47. The summed E-state index contributed by atoms with van der Waals surface area (Å²) in [5.41, 5.74) is 2.32. The fourth-order valence-corrected chi connectivity index (χ4v) is 3.94. The van der Waals surface area contributed by atoms with E-state index in [-0.39, 0.29) is 24.6 Å². The average molecular weight is 302 g/mol. The molecule has 1 fully saturated rings. The zero-order valence-corrected chi connectivity index (χ0v) is 13.3. The first-order chi connectivity index (χ1) is 10.7. The van der Waals surface area contributed by atoms with Crippen molar-refractivity contribution >= 4 is 11.6 Å². The van der Waals surface area contributed by atoms with Gasteiger partial charge in [-0.25, -0.2) is 0 Å². The maximum Gasteiger partial charge on any atom is 0.241 e. The maximum absolute atomic E-state index is 12.7. The second kappa shape index (κ2) is 6.80. The second-order valence-electron chi connectivity index (χ2n) is 6.66. The first-order valence-electron chi connectivity index (χ1n) is 8.45. The second-order valence-corrected chi connectivity index (χ2v) is 6.66. The Morgan fingerprint density at radius 1 is 1.32 bits per heavy atom. The minimum atomic E-state index is 0.139. The smallest absolute Gasteiger partial charge is 0.241 e. The van der Waals surface area contributed by atoms with Crippen molar-refractivity contribution in [1.82, 2.24) is 5.32 Å². The van der Waals surface area contributed by atoms with Crippen LogP contribution in [-0.2, 0) is 11.2 Å². The molecule has 0 aromatic heterocycles. The van der Waals surface area contributed by atoms with Crippen molar-refractivity contribution in [2.45, 2.75) is 51.1 Å². The molecule has 4 nitrogen and oxygen atoms in total. The Balaban J connectivity index is 1.62. The van der Waals surface area contributed by atoms with E-state index in [9.17, 15) is 9.90 Å². The van der Waals surface area contributed by atoms with Crippen LogP contribution < -0.4 is 10.2 Å². The van der Waals surface area contributed by atoms with Gasteiger partial charge in [-0.05, 0) is 43.7 Å². The minimum absolute atomic E-state index is 0.139. The molecular weight excluding hydrogens is 276 g/mol. The maximum atomic E-state index is 12.7. The summed E-state index contributed by atoms with van der Waals surface area (Å²) in [4.78, 5) is 14.6. The predicted octanol–water partition coefficient (Wildman–Crippen LogP) is 2.10. The van der Waals surface area contributed by atoms with E-state index in [1.54, 1.807) is 0 Å². The van der Waals surface area contributed by atoms with Crippen molar-refractivity contribution in [2.24, 2.45) is 5.92 Å². The third kappa shape index (κ3) is 3.03. The molecule has 3 atom stereocenters. The van der Waals surface area contributed by atoms with E-state index in [4.69, 9.17) is 0 Å². The monoisotopic (exact) mass is 302 g/mol. The number of carbonyl (C=O) groups is 1. The van der Waals surface area contributed by atoms with E-state index in [2.05, 4.69) is 18.3 Å². The van der Waals surface area contributed by atoms with Crippen LogP contribution in [0.15, 0.2) is 24.3 Å². The van der Waals surface area contributed by atoms with Crippen molar-refractivity contribution < 1.29 is 9.90 Å². The van der Waals surface area contributed by atoms with Crippen molar-refractivity contribution in [1.29, 1.82) is 0 Å². The first kappa shape index (κ1) is 15.5. The van der Waals surface area contributed by atoms with Gasteiger partial charge >= 0.3 is 0 Å². The molecule has 2 N–H and O–H groups in total. The number of fused-ring (bicyclic) bond motifs is 1. The topological polar surface area (TPSA) is 52.6 Å². The van der Waals surface area contributed by atoms with Crippen LogP contribution in [0, 0.1) is 5.92 Å². The highest BCUT2D eigenvalue weighted by Crippen LogP contribution is 2.31. The number of hydrogen-bond donors (Lipinski definition) is 2. The summed E-state index contributed by atoms with van der Waals surface area (Å²) in [6, 6.07) is 8.67. The van der Waals surface area contributed by atoms with Gasteiger partial charge in [-0.2, -0.15) is 0 Å². The van der Waals surface area contributed by atoms with Crippen LogP contribution in [0.5, 0.6) is 0 Å². The molecule has 1 aliphatic carbocycles. The van der Waals surface area contributed by atoms with E-state index in [0.717, 1.165) is 24.9 Å². The van der Waals surface area contributed by atoms with Gasteiger partial charge in [0.05, 0.1) is 6.54 Å². The Labute approximate surface area is 132 Å². The summed E-state index contributed by atoms with van der Waals surface area (Å²) in [7, 11) is 0. The summed E-state index contributed by atoms with van der Waals surface area (Å²) in [5.74, 6) is 0.435. The molecule has 1 amide bonds. The lowest BCUT2D eigenvalue weighted by atomic mass is 9.85. The van der Waals surface area contributed by atoms with E-state index < -0.39 is 0 Å². The van der Waals surface area contributed by atoms with E-state index in [0.29, 0.717) is 12.5 Å². The fraction of sp³-hybridized carbons (Fsp3) is 0.611. The van der Waals surface area contributed by atoms with E-state index in [1.807, 2.05) is 23.1 Å². The van der Waals surface area contributed by atoms with Crippen LogP contribution in [-0.4, -0.2) is 36.2 Å². The zero-order valence-electron chi connectivity index (χ0n) is 13.3. The largest absolute Gasteiger partial charge is 0.396 e. The Morgan fingerprint density at radius 3 is 2.91 bits per heavy atom. The van der Waals surface area contributed by atoms with Gasteiger partial charge in [-0.1, -0.05) is 31.0 Å². The summed E-state index contributed by atoms with van der Waals surface area (Å²) in [5, 5.41) is 12.9. The third-order valence-electron chi connectivity index (χ3n) is 5.14. The summed E-state index contributed by atoms with van der Waals surface area (Å²) >= 11 is 0. The number of anilines is 1. The highest BCUT2D eigenvalue weighted by molar-refractivity contribution is 5.97. The van der Waals surface area contributed by atoms with Gasteiger partial charge in [0, 0.05) is 24.4 Å². The van der Waals surface area contributed by atoms with Crippen LogP contribution in [0.2, 0.25) is 0 Å². The van der Waals surface area contributed by atoms with Gasteiger partial charge in [0.2, 0.25) is 5.91 Å². The van der Waals surface area contributed by atoms with Gasteiger partial charge in [-0.3, -0.25) is 4.79 Å². The minimum Gasteiger partial charge on any atom is -0.396 e. The number of amides is 1. The molecular formula is C18H26N2O2. The molecule has 0 unspecified atom stereocenters. The molecule has 0 radical (unpaired) electrons. The molecule has 1 saturated carbocycles. The standard InChI is InChI=1S/C18H26N2O2/c1-13-10-14-6-3-5-9-17(14)20(13)18(22)11-19-16-8-4-2-7-15(16)12-21/h3,5-6,9,13,15-16,19,21H,2,4,7-8,10-12H2,1H3/t13-,15-,16-/m1/s1. The summed E-state index contributed by atoms with van der Waals surface area (Å²) in [6.45, 7) is 2.68. The molecule has 1 aromatic carbocycles. The number of aliphatic hydroxyl groups is 1. The van der Waals surface area contributed by atoms with Crippen LogP contribution in [0.25, 0.3) is 0 Å². The van der Waals surface area contributed by atoms with Gasteiger partial charge in [0.1, 0.15) is 0 Å². The number of aliphatic hydroxyl groups excluding tert-OH is 1. The highest BCUT2D eigenvalue weighted by Gasteiger charge is 2.31. The Morgan fingerprint density at radius 2 is 2.09 bits per heavy atom. The molecule has 0 bridgehead atoms. The summed E-state index contributed by atoms with van der Waals surface area (Å²) < 4.78 is 0. The zero-order chi connectivity index (χ0) is 15.5. The fourth-order valence-electron chi connectivity index (χ4n) is 3.94. The third-order valence-corrected chi connectivity index (χ3v) is 5.14. The van der Waals surface area contributed by atoms with Crippen LogP contribution in [0.1, 0.15) is 38.2 Å². The van der Waals surface area contributed by atoms with Crippen LogP contribution in [0.4, 0.5) is 5.69 Å². The Kier molecular flexibility index (Phi) is 4.79. The number of carbonyl (C=O) groups excluding carboxylic acids is 1. The Hall–Kier alpha value is -1.39.